The van der Waals surface area contributed by atoms with Gasteiger partial charge < -0.3 is 10.6 Å². The molecule has 1 fully saturated rings. The Balaban J connectivity index is 2.20. The van der Waals surface area contributed by atoms with Crippen LogP contribution in [0.5, 0.6) is 0 Å². The number of benzene rings is 1. The van der Waals surface area contributed by atoms with Gasteiger partial charge in [-0.05, 0) is 67.1 Å². The summed E-state index contributed by atoms with van der Waals surface area (Å²) in [7, 11) is 4.26. The van der Waals surface area contributed by atoms with Gasteiger partial charge in [0.1, 0.15) is 0 Å². The third-order valence-electron chi connectivity index (χ3n) is 3.95. The SMILES string of the molecule is CN(C)CC1CCCN1C(CN)c1ccc(Cl)c(Br)c1. The van der Waals surface area contributed by atoms with Crippen molar-refractivity contribution in [3.8, 4) is 0 Å². The quantitative estimate of drug-likeness (QED) is 0.875. The minimum atomic E-state index is 0.274. The van der Waals surface area contributed by atoms with E-state index in [1.54, 1.807) is 0 Å². The minimum absolute atomic E-state index is 0.274. The Morgan fingerprint density at radius 1 is 1.50 bits per heavy atom. The molecular formula is C15H23BrClN3. The standard InChI is InChI=1S/C15H23BrClN3/c1-19(2)10-12-4-3-7-20(12)15(9-18)11-5-6-14(17)13(16)8-11/h5-6,8,12,15H,3-4,7,9-10,18H2,1-2H3. The predicted molar refractivity (Wildman–Crippen MR) is 89.2 cm³/mol. The van der Waals surface area contributed by atoms with Crippen molar-refractivity contribution in [2.24, 2.45) is 5.73 Å². The topological polar surface area (TPSA) is 32.5 Å². The maximum Gasteiger partial charge on any atom is 0.0548 e. The predicted octanol–water partition coefficient (Wildman–Crippen LogP) is 3.13. The maximum absolute atomic E-state index is 6.09. The average molecular weight is 361 g/mol. The first-order valence-corrected chi connectivity index (χ1v) is 8.25. The third kappa shape index (κ3) is 3.74. The molecule has 0 aliphatic carbocycles. The number of likely N-dealkylation sites (tertiary alicyclic amines) is 1. The van der Waals surface area contributed by atoms with Crippen molar-refractivity contribution in [1.29, 1.82) is 0 Å². The van der Waals surface area contributed by atoms with Gasteiger partial charge in [0.25, 0.3) is 0 Å². The lowest BCUT2D eigenvalue weighted by molar-refractivity contribution is 0.156. The molecule has 2 unspecified atom stereocenters. The summed E-state index contributed by atoms with van der Waals surface area (Å²) < 4.78 is 0.943. The zero-order valence-electron chi connectivity index (χ0n) is 12.1. The van der Waals surface area contributed by atoms with Crippen LogP contribution in [-0.4, -0.2) is 49.6 Å². The van der Waals surface area contributed by atoms with Crippen LogP contribution in [0.2, 0.25) is 5.02 Å². The summed E-state index contributed by atoms with van der Waals surface area (Å²) >= 11 is 9.60. The van der Waals surface area contributed by atoms with E-state index in [0.29, 0.717) is 12.6 Å². The minimum Gasteiger partial charge on any atom is -0.329 e. The van der Waals surface area contributed by atoms with E-state index in [-0.39, 0.29) is 6.04 Å². The van der Waals surface area contributed by atoms with Gasteiger partial charge in [0.05, 0.1) is 5.02 Å². The molecule has 0 bridgehead atoms. The van der Waals surface area contributed by atoms with Crippen LogP contribution in [-0.2, 0) is 0 Å². The fourth-order valence-corrected chi connectivity index (χ4v) is 3.58. The van der Waals surface area contributed by atoms with E-state index in [2.05, 4.69) is 52.0 Å². The van der Waals surface area contributed by atoms with Crippen LogP contribution in [0.15, 0.2) is 22.7 Å². The van der Waals surface area contributed by atoms with Gasteiger partial charge in [-0.25, -0.2) is 0 Å². The summed E-state index contributed by atoms with van der Waals surface area (Å²) in [5, 5.41) is 0.746. The maximum atomic E-state index is 6.09. The van der Waals surface area contributed by atoms with Gasteiger partial charge in [-0.15, -0.1) is 0 Å². The molecule has 5 heteroatoms. The third-order valence-corrected chi connectivity index (χ3v) is 5.16. The molecule has 0 aromatic heterocycles. The van der Waals surface area contributed by atoms with Gasteiger partial charge in [-0.3, -0.25) is 4.90 Å². The van der Waals surface area contributed by atoms with E-state index in [0.717, 1.165) is 22.6 Å². The van der Waals surface area contributed by atoms with Crippen molar-refractivity contribution in [2.45, 2.75) is 24.9 Å². The van der Waals surface area contributed by atoms with Crippen molar-refractivity contribution in [3.05, 3.63) is 33.3 Å². The lowest BCUT2D eigenvalue weighted by atomic mass is 10.0. The molecule has 1 saturated heterocycles. The van der Waals surface area contributed by atoms with Crippen molar-refractivity contribution in [2.75, 3.05) is 33.7 Å². The molecule has 0 spiro atoms. The Labute approximate surface area is 135 Å². The molecule has 0 saturated carbocycles. The fourth-order valence-electron chi connectivity index (χ4n) is 3.07. The second-order valence-electron chi connectivity index (χ2n) is 5.72. The van der Waals surface area contributed by atoms with Crippen molar-refractivity contribution in [1.82, 2.24) is 9.80 Å². The molecular weight excluding hydrogens is 338 g/mol. The Bertz CT molecular complexity index is 453. The number of halogens is 2. The number of likely N-dealkylation sites (N-methyl/N-ethyl adjacent to an activating group) is 1. The molecule has 1 aromatic carbocycles. The number of nitrogens with two attached hydrogens (primary N) is 1. The van der Waals surface area contributed by atoms with Crippen LogP contribution in [0.1, 0.15) is 24.4 Å². The van der Waals surface area contributed by atoms with E-state index < -0.39 is 0 Å². The Hall–Kier alpha value is -0.130. The highest BCUT2D eigenvalue weighted by Crippen LogP contribution is 2.32. The Kier molecular flexibility index (Phi) is 5.87. The smallest absolute Gasteiger partial charge is 0.0548 e. The Morgan fingerprint density at radius 2 is 2.25 bits per heavy atom. The van der Waals surface area contributed by atoms with Crippen LogP contribution in [0.3, 0.4) is 0 Å². The Morgan fingerprint density at radius 3 is 2.85 bits per heavy atom. The highest BCUT2D eigenvalue weighted by atomic mass is 79.9. The summed E-state index contributed by atoms with van der Waals surface area (Å²) in [5.41, 5.74) is 7.31. The number of hydrogen-bond acceptors (Lipinski definition) is 3. The molecule has 3 nitrogen and oxygen atoms in total. The first-order valence-electron chi connectivity index (χ1n) is 7.08. The first-order chi connectivity index (χ1) is 9.52. The summed E-state index contributed by atoms with van der Waals surface area (Å²) in [5.74, 6) is 0. The molecule has 0 radical (unpaired) electrons. The van der Waals surface area contributed by atoms with E-state index in [1.807, 2.05) is 6.07 Å². The zero-order chi connectivity index (χ0) is 14.7. The zero-order valence-corrected chi connectivity index (χ0v) is 14.5. The molecule has 1 aliphatic rings. The number of hydrogen-bond donors (Lipinski definition) is 1. The molecule has 20 heavy (non-hydrogen) atoms. The molecule has 1 heterocycles. The fraction of sp³-hybridized carbons (Fsp3) is 0.600. The summed E-state index contributed by atoms with van der Waals surface area (Å²) in [6.45, 7) is 2.85. The molecule has 1 aromatic rings. The van der Waals surface area contributed by atoms with Crippen LogP contribution < -0.4 is 5.73 Å². The summed E-state index contributed by atoms with van der Waals surface area (Å²) in [6, 6.07) is 7.00. The summed E-state index contributed by atoms with van der Waals surface area (Å²) in [4.78, 5) is 4.81. The van der Waals surface area contributed by atoms with E-state index in [9.17, 15) is 0 Å². The second kappa shape index (κ2) is 7.23. The lowest BCUT2D eigenvalue weighted by Gasteiger charge is -2.34. The van der Waals surface area contributed by atoms with Crippen molar-refractivity contribution in [3.63, 3.8) is 0 Å². The highest BCUT2D eigenvalue weighted by Gasteiger charge is 2.31. The van der Waals surface area contributed by atoms with Crippen LogP contribution in [0.25, 0.3) is 0 Å². The second-order valence-corrected chi connectivity index (χ2v) is 6.98. The first kappa shape index (κ1) is 16.2. The molecule has 112 valence electrons. The van der Waals surface area contributed by atoms with Gasteiger partial charge in [-0.1, -0.05) is 17.7 Å². The molecule has 1 aliphatic heterocycles. The van der Waals surface area contributed by atoms with Crippen molar-refractivity contribution < 1.29 is 0 Å². The lowest BCUT2D eigenvalue weighted by Crippen LogP contribution is -2.42. The van der Waals surface area contributed by atoms with Gasteiger partial charge in [0, 0.05) is 29.6 Å². The van der Waals surface area contributed by atoms with E-state index in [4.69, 9.17) is 17.3 Å². The van der Waals surface area contributed by atoms with Gasteiger partial charge in [0.2, 0.25) is 0 Å². The van der Waals surface area contributed by atoms with Crippen LogP contribution >= 0.6 is 27.5 Å². The highest BCUT2D eigenvalue weighted by molar-refractivity contribution is 9.10. The summed E-state index contributed by atoms with van der Waals surface area (Å²) in [6.07, 6.45) is 2.51. The monoisotopic (exact) mass is 359 g/mol. The molecule has 2 N–H and O–H groups in total. The molecule has 0 amide bonds. The van der Waals surface area contributed by atoms with E-state index >= 15 is 0 Å². The van der Waals surface area contributed by atoms with Gasteiger partial charge in [-0.2, -0.15) is 0 Å². The van der Waals surface area contributed by atoms with Gasteiger partial charge >= 0.3 is 0 Å². The van der Waals surface area contributed by atoms with E-state index in [1.165, 1.54) is 18.4 Å². The molecule has 2 atom stereocenters. The number of rotatable bonds is 5. The molecule has 2 rings (SSSR count). The normalized spacial score (nSPS) is 21.6. The largest absolute Gasteiger partial charge is 0.329 e. The van der Waals surface area contributed by atoms with Crippen LogP contribution in [0, 0.1) is 0 Å². The van der Waals surface area contributed by atoms with Crippen molar-refractivity contribution >= 4 is 27.5 Å². The van der Waals surface area contributed by atoms with Crippen LogP contribution in [0.4, 0.5) is 0 Å². The van der Waals surface area contributed by atoms with Gasteiger partial charge in [0.15, 0.2) is 0 Å². The average Bonchev–Trinajstić information content (AvgIpc) is 2.82. The number of nitrogens with zero attached hydrogens (tertiary/aromatic N) is 2.